The van der Waals surface area contributed by atoms with E-state index < -0.39 is 0 Å². The first-order chi connectivity index (χ1) is 15.4. The van der Waals surface area contributed by atoms with E-state index in [1.54, 1.807) is 42.5 Å². The summed E-state index contributed by atoms with van der Waals surface area (Å²) in [5.41, 5.74) is 3.00. The Bertz CT molecular complexity index is 1230. The van der Waals surface area contributed by atoms with Crippen LogP contribution in [0.1, 0.15) is 22.3 Å². The molecule has 0 aromatic heterocycles. The van der Waals surface area contributed by atoms with Crippen molar-refractivity contribution in [2.24, 2.45) is 0 Å². The summed E-state index contributed by atoms with van der Waals surface area (Å²) in [7, 11) is 0. The zero-order chi connectivity index (χ0) is 22.7. The molecule has 7 heteroatoms. The van der Waals surface area contributed by atoms with Gasteiger partial charge in [-0.2, -0.15) is 0 Å². The SMILES string of the molecule is Cc1ccccc1CN1C(=O)S/C(=C\c2cc(Br)ccc2OCc2ccccc2F)C1=O. The predicted molar refractivity (Wildman–Crippen MR) is 128 cm³/mol. The number of carbonyl (C=O) groups is 2. The maximum atomic E-state index is 13.9. The van der Waals surface area contributed by atoms with Crippen LogP contribution in [0.25, 0.3) is 6.08 Å². The van der Waals surface area contributed by atoms with Crippen LogP contribution in [0.2, 0.25) is 0 Å². The molecule has 1 aliphatic rings. The number of imide groups is 1. The number of carbonyl (C=O) groups excluding carboxylic acids is 2. The Balaban J connectivity index is 1.57. The number of ether oxygens (including phenoxy) is 1. The molecule has 0 atom stereocenters. The standard InChI is InChI=1S/C25H19BrFNO3S/c1-16-6-2-3-7-17(16)14-28-24(29)23(32-25(28)30)13-19-12-20(26)10-11-22(19)31-15-18-8-4-5-9-21(18)27/h2-13H,14-15H2,1H3/b23-13-. The van der Waals surface area contributed by atoms with Gasteiger partial charge in [0.25, 0.3) is 11.1 Å². The van der Waals surface area contributed by atoms with E-state index in [2.05, 4.69) is 15.9 Å². The molecule has 0 N–H and O–H groups in total. The van der Waals surface area contributed by atoms with Gasteiger partial charge in [-0.1, -0.05) is 58.4 Å². The topological polar surface area (TPSA) is 46.6 Å². The Morgan fingerprint density at radius 3 is 2.50 bits per heavy atom. The molecule has 1 heterocycles. The number of benzene rings is 3. The number of rotatable bonds is 6. The third-order valence-electron chi connectivity index (χ3n) is 5.06. The van der Waals surface area contributed by atoms with Gasteiger partial charge < -0.3 is 4.74 Å². The molecule has 1 aliphatic heterocycles. The molecular weight excluding hydrogens is 493 g/mol. The number of aryl methyl sites for hydroxylation is 1. The van der Waals surface area contributed by atoms with E-state index >= 15 is 0 Å². The average Bonchev–Trinajstić information content (AvgIpc) is 3.03. The smallest absolute Gasteiger partial charge is 0.293 e. The van der Waals surface area contributed by atoms with Crippen molar-refractivity contribution >= 4 is 44.9 Å². The Morgan fingerprint density at radius 2 is 1.75 bits per heavy atom. The molecule has 0 saturated carbocycles. The van der Waals surface area contributed by atoms with Crippen LogP contribution < -0.4 is 4.74 Å². The highest BCUT2D eigenvalue weighted by Crippen LogP contribution is 2.36. The van der Waals surface area contributed by atoms with E-state index in [1.807, 2.05) is 31.2 Å². The minimum absolute atomic E-state index is 0.0455. The molecular formula is C25H19BrFNO3S. The zero-order valence-electron chi connectivity index (χ0n) is 17.2. The number of amides is 2. The van der Waals surface area contributed by atoms with E-state index in [4.69, 9.17) is 4.74 Å². The van der Waals surface area contributed by atoms with E-state index in [-0.39, 0.29) is 30.1 Å². The fraction of sp³-hybridized carbons (Fsp3) is 0.120. The highest BCUT2D eigenvalue weighted by molar-refractivity contribution is 9.10. The van der Waals surface area contributed by atoms with Crippen LogP contribution in [-0.4, -0.2) is 16.0 Å². The van der Waals surface area contributed by atoms with Gasteiger partial charge in [0.05, 0.1) is 11.4 Å². The molecule has 0 radical (unpaired) electrons. The van der Waals surface area contributed by atoms with Gasteiger partial charge >= 0.3 is 0 Å². The number of hydrogen-bond donors (Lipinski definition) is 0. The molecule has 4 nitrogen and oxygen atoms in total. The minimum Gasteiger partial charge on any atom is -0.488 e. The van der Waals surface area contributed by atoms with Gasteiger partial charge in [0.1, 0.15) is 18.2 Å². The van der Waals surface area contributed by atoms with Crippen molar-refractivity contribution in [1.29, 1.82) is 0 Å². The lowest BCUT2D eigenvalue weighted by molar-refractivity contribution is -0.123. The van der Waals surface area contributed by atoms with Crippen molar-refractivity contribution < 1.29 is 18.7 Å². The average molecular weight is 512 g/mol. The van der Waals surface area contributed by atoms with Crippen molar-refractivity contribution in [2.45, 2.75) is 20.1 Å². The first kappa shape index (κ1) is 22.3. The summed E-state index contributed by atoms with van der Waals surface area (Å²) >= 11 is 4.33. The van der Waals surface area contributed by atoms with Gasteiger partial charge in [0.2, 0.25) is 0 Å². The summed E-state index contributed by atoms with van der Waals surface area (Å²) in [5.74, 6) is -0.200. The second kappa shape index (κ2) is 9.71. The van der Waals surface area contributed by atoms with Crippen LogP contribution >= 0.6 is 27.7 Å². The lowest BCUT2D eigenvalue weighted by Crippen LogP contribution is -2.27. The molecule has 0 aliphatic carbocycles. The van der Waals surface area contributed by atoms with E-state index in [0.717, 1.165) is 27.4 Å². The third kappa shape index (κ3) is 4.95. The van der Waals surface area contributed by atoms with E-state index in [1.165, 1.54) is 11.0 Å². The molecule has 1 fully saturated rings. The van der Waals surface area contributed by atoms with E-state index in [9.17, 15) is 14.0 Å². The van der Waals surface area contributed by atoms with Crippen LogP contribution in [0.3, 0.4) is 0 Å². The maximum absolute atomic E-state index is 13.9. The Morgan fingerprint density at radius 1 is 1.03 bits per heavy atom. The molecule has 32 heavy (non-hydrogen) atoms. The summed E-state index contributed by atoms with van der Waals surface area (Å²) < 4.78 is 20.6. The van der Waals surface area contributed by atoms with E-state index in [0.29, 0.717) is 21.8 Å². The summed E-state index contributed by atoms with van der Waals surface area (Å²) in [5, 5.41) is -0.312. The summed E-state index contributed by atoms with van der Waals surface area (Å²) in [6, 6.07) is 19.4. The lowest BCUT2D eigenvalue weighted by atomic mass is 10.1. The lowest BCUT2D eigenvalue weighted by Gasteiger charge is -2.14. The molecule has 162 valence electrons. The van der Waals surface area contributed by atoms with Crippen molar-refractivity contribution in [3.63, 3.8) is 0 Å². The van der Waals surface area contributed by atoms with Crippen LogP contribution in [0.4, 0.5) is 9.18 Å². The second-order valence-electron chi connectivity index (χ2n) is 7.26. The molecule has 1 saturated heterocycles. The monoisotopic (exact) mass is 511 g/mol. The molecule has 3 aromatic rings. The molecule has 0 spiro atoms. The van der Waals surface area contributed by atoms with Crippen LogP contribution in [-0.2, 0) is 17.9 Å². The number of hydrogen-bond acceptors (Lipinski definition) is 4. The van der Waals surface area contributed by atoms with Crippen molar-refractivity contribution in [1.82, 2.24) is 4.90 Å². The van der Waals surface area contributed by atoms with Gasteiger partial charge in [-0.25, -0.2) is 4.39 Å². The fourth-order valence-corrected chi connectivity index (χ4v) is 4.48. The maximum Gasteiger partial charge on any atom is 0.293 e. The molecule has 0 bridgehead atoms. The predicted octanol–water partition coefficient (Wildman–Crippen LogP) is 6.71. The highest BCUT2D eigenvalue weighted by atomic mass is 79.9. The van der Waals surface area contributed by atoms with Gasteiger partial charge in [-0.3, -0.25) is 14.5 Å². The highest BCUT2D eigenvalue weighted by Gasteiger charge is 2.35. The quantitative estimate of drug-likeness (QED) is 0.345. The number of halogens is 2. The summed E-state index contributed by atoms with van der Waals surface area (Å²) in [6.07, 6.45) is 1.64. The summed E-state index contributed by atoms with van der Waals surface area (Å²) in [6.45, 7) is 2.22. The van der Waals surface area contributed by atoms with Crippen molar-refractivity contribution in [2.75, 3.05) is 0 Å². The molecule has 2 amide bonds. The number of thioether (sulfide) groups is 1. The number of nitrogens with zero attached hydrogens (tertiary/aromatic N) is 1. The van der Waals surface area contributed by atoms with Crippen molar-refractivity contribution in [3.05, 3.63) is 104 Å². The van der Waals surface area contributed by atoms with Gasteiger partial charge in [0, 0.05) is 15.6 Å². The molecule has 3 aromatic carbocycles. The summed E-state index contributed by atoms with van der Waals surface area (Å²) in [4.78, 5) is 27.1. The van der Waals surface area contributed by atoms with Crippen molar-refractivity contribution in [3.8, 4) is 5.75 Å². The second-order valence-corrected chi connectivity index (χ2v) is 9.17. The first-order valence-electron chi connectivity index (χ1n) is 9.88. The first-order valence-corrected chi connectivity index (χ1v) is 11.5. The Labute approximate surface area is 198 Å². The minimum atomic E-state index is -0.344. The Kier molecular flexibility index (Phi) is 6.77. The normalized spacial score (nSPS) is 15.0. The largest absolute Gasteiger partial charge is 0.488 e. The van der Waals surface area contributed by atoms with Crippen LogP contribution in [0, 0.1) is 12.7 Å². The van der Waals surface area contributed by atoms with Gasteiger partial charge in [-0.15, -0.1) is 0 Å². The van der Waals surface area contributed by atoms with Gasteiger partial charge in [0.15, 0.2) is 0 Å². The van der Waals surface area contributed by atoms with Crippen LogP contribution in [0.5, 0.6) is 5.75 Å². The molecule has 0 unspecified atom stereocenters. The molecule has 4 rings (SSSR count). The van der Waals surface area contributed by atoms with Gasteiger partial charge in [-0.05, 0) is 60.2 Å². The van der Waals surface area contributed by atoms with Crippen LogP contribution in [0.15, 0.2) is 76.1 Å². The zero-order valence-corrected chi connectivity index (χ0v) is 19.6. The Hall–Kier alpha value is -2.90. The fourth-order valence-electron chi connectivity index (χ4n) is 3.27. The third-order valence-corrected chi connectivity index (χ3v) is 6.46.